The average Bonchev–Trinajstić information content (AvgIpc) is 2.91. The Balaban J connectivity index is 1.89. The Labute approximate surface area is 215 Å². The molecule has 35 heavy (non-hydrogen) atoms. The predicted molar refractivity (Wildman–Crippen MR) is 149 cm³/mol. The Hall–Kier alpha value is -3.04. The molecule has 0 aliphatic heterocycles. The van der Waals surface area contributed by atoms with Crippen molar-refractivity contribution in [3.05, 3.63) is 100 Å². The lowest BCUT2D eigenvalue weighted by molar-refractivity contribution is -0.519. The molecule has 0 amide bonds. The van der Waals surface area contributed by atoms with Gasteiger partial charge in [-0.25, -0.2) is 4.58 Å². The van der Waals surface area contributed by atoms with Gasteiger partial charge in [-0.1, -0.05) is 42.0 Å². The molecule has 1 aliphatic carbocycles. The lowest BCUT2D eigenvalue weighted by atomic mass is 9.93. The summed E-state index contributed by atoms with van der Waals surface area (Å²) in [5.74, 6) is 1.73. The summed E-state index contributed by atoms with van der Waals surface area (Å²) in [6.07, 6.45) is 11.8. The molecule has 1 aliphatic rings. The zero-order chi connectivity index (χ0) is 25.2. The highest BCUT2D eigenvalue weighted by Crippen LogP contribution is 2.33. The third kappa shape index (κ3) is 6.99. The summed E-state index contributed by atoms with van der Waals surface area (Å²) in [4.78, 5) is 0. The topological polar surface area (TPSA) is 21.5 Å². The van der Waals surface area contributed by atoms with Crippen LogP contribution >= 0.6 is 11.6 Å². The number of nitrogens with zero attached hydrogens (tertiary/aromatic N) is 1. The maximum atomic E-state index is 6.91. The Morgan fingerprint density at radius 1 is 0.886 bits per heavy atom. The minimum atomic E-state index is 0.863. The zero-order valence-corrected chi connectivity index (χ0v) is 22.4. The van der Waals surface area contributed by atoms with Gasteiger partial charge in [0.2, 0.25) is 5.71 Å². The van der Waals surface area contributed by atoms with Crippen molar-refractivity contribution in [1.29, 1.82) is 0 Å². The largest absolute Gasteiger partial charge is 0.497 e. The van der Waals surface area contributed by atoms with Gasteiger partial charge in [-0.15, -0.1) is 0 Å². The molecule has 0 spiro atoms. The van der Waals surface area contributed by atoms with Gasteiger partial charge in [0.25, 0.3) is 0 Å². The minimum absolute atomic E-state index is 0.863. The first-order valence-electron chi connectivity index (χ1n) is 12.4. The minimum Gasteiger partial charge on any atom is -0.497 e. The number of rotatable bonds is 9. The molecule has 0 unspecified atom stereocenters. The van der Waals surface area contributed by atoms with Crippen molar-refractivity contribution in [2.45, 2.75) is 40.0 Å². The monoisotopic (exact) mass is 490 g/mol. The van der Waals surface area contributed by atoms with Crippen molar-refractivity contribution in [3.8, 4) is 11.5 Å². The van der Waals surface area contributed by atoms with Crippen molar-refractivity contribution >= 4 is 22.9 Å². The first-order valence-corrected chi connectivity index (χ1v) is 12.7. The van der Waals surface area contributed by atoms with Crippen LogP contribution in [0.5, 0.6) is 11.5 Å². The Morgan fingerprint density at radius 3 is 2.00 bits per heavy atom. The van der Waals surface area contributed by atoms with E-state index in [9.17, 15) is 0 Å². The van der Waals surface area contributed by atoms with Crippen LogP contribution in [0.15, 0.2) is 89.0 Å². The van der Waals surface area contributed by atoms with Crippen molar-refractivity contribution < 1.29 is 14.0 Å². The SMILES string of the molecule is CC[N+](CC)=C(C=CC1=C(Cl)C(=CC=C(C)c2ccc(OC)cc2)CCC1)c1ccc(OC)cc1. The van der Waals surface area contributed by atoms with Crippen molar-refractivity contribution in [3.63, 3.8) is 0 Å². The van der Waals surface area contributed by atoms with E-state index in [0.717, 1.165) is 48.9 Å². The van der Waals surface area contributed by atoms with Crippen LogP contribution in [0.2, 0.25) is 0 Å². The van der Waals surface area contributed by atoms with Gasteiger partial charge in [0.15, 0.2) is 0 Å². The van der Waals surface area contributed by atoms with E-state index >= 15 is 0 Å². The van der Waals surface area contributed by atoms with Crippen LogP contribution in [0.4, 0.5) is 0 Å². The Morgan fingerprint density at radius 2 is 1.46 bits per heavy atom. The van der Waals surface area contributed by atoms with Crippen molar-refractivity contribution in [1.82, 2.24) is 0 Å². The second kappa shape index (κ2) is 13.2. The van der Waals surface area contributed by atoms with Gasteiger partial charge in [0.05, 0.1) is 14.2 Å². The highest BCUT2D eigenvalue weighted by atomic mass is 35.5. The molecule has 0 atom stereocenters. The van der Waals surface area contributed by atoms with E-state index in [4.69, 9.17) is 21.1 Å². The molecule has 184 valence electrons. The van der Waals surface area contributed by atoms with Crippen LogP contribution in [-0.4, -0.2) is 37.6 Å². The fourth-order valence-electron chi connectivity index (χ4n) is 4.27. The van der Waals surface area contributed by atoms with Gasteiger partial charge in [0, 0.05) is 16.7 Å². The number of hydrogen-bond acceptors (Lipinski definition) is 2. The van der Waals surface area contributed by atoms with E-state index in [1.54, 1.807) is 14.2 Å². The molecule has 3 rings (SSSR count). The molecule has 0 N–H and O–H groups in total. The van der Waals surface area contributed by atoms with Crippen LogP contribution in [-0.2, 0) is 0 Å². The standard InChI is InChI=1S/C31H37ClNO2/c1-6-33(7-2)30(25-15-20-29(35-5)21-16-25)22-17-27-10-8-9-26(31(27)32)12-11-23(3)24-13-18-28(34-4)19-14-24/h11-22H,6-10H2,1-5H3/q+1. The van der Waals surface area contributed by atoms with E-state index < -0.39 is 0 Å². The third-order valence-corrected chi connectivity index (χ3v) is 6.95. The van der Waals surface area contributed by atoms with Crippen molar-refractivity contribution in [2.24, 2.45) is 0 Å². The second-order valence-electron chi connectivity index (χ2n) is 8.58. The van der Waals surface area contributed by atoms with Crippen LogP contribution < -0.4 is 9.47 Å². The first kappa shape index (κ1) is 26.6. The quantitative estimate of drug-likeness (QED) is 0.264. The maximum absolute atomic E-state index is 6.91. The molecule has 0 saturated heterocycles. The van der Waals surface area contributed by atoms with Gasteiger partial charge in [-0.3, -0.25) is 0 Å². The molecule has 0 aromatic heterocycles. The summed E-state index contributed by atoms with van der Waals surface area (Å²) in [5, 5.41) is 0.875. The van der Waals surface area contributed by atoms with Gasteiger partial charge < -0.3 is 9.47 Å². The lowest BCUT2D eigenvalue weighted by Gasteiger charge is -2.17. The molecule has 0 saturated carbocycles. The molecular formula is C31H37ClNO2+. The van der Waals surface area contributed by atoms with E-state index in [-0.39, 0.29) is 0 Å². The third-order valence-electron chi connectivity index (χ3n) is 6.47. The van der Waals surface area contributed by atoms with Crippen molar-refractivity contribution in [2.75, 3.05) is 27.3 Å². The average molecular weight is 491 g/mol. The fraction of sp³-hybridized carbons (Fsp3) is 0.323. The molecule has 0 radical (unpaired) electrons. The van der Waals surface area contributed by atoms with Crippen LogP contribution in [0, 0.1) is 0 Å². The first-order chi connectivity index (χ1) is 17.0. The molecule has 2 aromatic carbocycles. The molecule has 0 bridgehead atoms. The molecule has 0 heterocycles. The Bertz CT molecular complexity index is 1140. The predicted octanol–water partition coefficient (Wildman–Crippen LogP) is 7.81. The Kier molecular flexibility index (Phi) is 9.98. The summed E-state index contributed by atoms with van der Waals surface area (Å²) in [7, 11) is 3.38. The van der Waals surface area contributed by atoms with Gasteiger partial charge in [0.1, 0.15) is 24.6 Å². The number of allylic oxidation sites excluding steroid dienone is 8. The number of halogens is 1. The highest BCUT2D eigenvalue weighted by molar-refractivity contribution is 6.32. The molecule has 4 heteroatoms. The summed E-state index contributed by atoms with van der Waals surface area (Å²) in [6.45, 7) is 8.38. The second-order valence-corrected chi connectivity index (χ2v) is 8.96. The van der Waals surface area contributed by atoms with Gasteiger partial charge in [-0.05, 0) is 98.7 Å². The summed E-state index contributed by atoms with van der Waals surface area (Å²) < 4.78 is 13.0. The van der Waals surface area contributed by atoms with Crippen LogP contribution in [0.3, 0.4) is 0 Å². The molecule has 3 nitrogen and oxygen atoms in total. The normalized spacial score (nSPS) is 15.6. The van der Waals surface area contributed by atoms with Crippen LogP contribution in [0.25, 0.3) is 5.57 Å². The van der Waals surface area contributed by atoms with E-state index in [0.29, 0.717) is 0 Å². The van der Waals surface area contributed by atoms with Gasteiger partial charge in [-0.2, -0.15) is 0 Å². The highest BCUT2D eigenvalue weighted by Gasteiger charge is 2.16. The van der Waals surface area contributed by atoms with E-state index in [1.807, 2.05) is 24.3 Å². The zero-order valence-electron chi connectivity index (χ0n) is 21.6. The number of benzene rings is 2. The van der Waals surface area contributed by atoms with E-state index in [2.05, 4.69) is 73.9 Å². The fourth-order valence-corrected chi connectivity index (χ4v) is 4.59. The smallest absolute Gasteiger partial charge is 0.207 e. The van der Waals surface area contributed by atoms with E-state index in [1.165, 1.54) is 33.6 Å². The molecular weight excluding hydrogens is 454 g/mol. The number of hydrogen-bond donors (Lipinski definition) is 0. The van der Waals surface area contributed by atoms with Crippen LogP contribution in [0.1, 0.15) is 51.2 Å². The molecule has 2 aromatic rings. The summed E-state index contributed by atoms with van der Waals surface area (Å²) in [6, 6.07) is 16.4. The summed E-state index contributed by atoms with van der Waals surface area (Å²) in [5.41, 5.74) is 7.13. The number of methoxy groups -OCH3 is 2. The van der Waals surface area contributed by atoms with Gasteiger partial charge >= 0.3 is 0 Å². The lowest BCUT2D eigenvalue weighted by Crippen LogP contribution is -2.20. The number of ether oxygens (including phenoxy) is 2. The molecule has 0 fully saturated rings. The maximum Gasteiger partial charge on any atom is 0.207 e. The summed E-state index contributed by atoms with van der Waals surface area (Å²) >= 11 is 6.91.